The number of hydrogen-bond donors (Lipinski definition) is 1. The Balaban J connectivity index is 1.72. The van der Waals surface area contributed by atoms with E-state index in [2.05, 4.69) is 89.5 Å². The molecule has 2 heterocycles. The van der Waals surface area contributed by atoms with Gasteiger partial charge in [0.1, 0.15) is 0 Å². The van der Waals surface area contributed by atoms with Crippen molar-refractivity contribution in [1.82, 2.24) is 30.1 Å². The fourth-order valence-corrected chi connectivity index (χ4v) is 4.55. The average Bonchev–Trinajstić information content (AvgIpc) is 3.34. The zero-order valence-corrected chi connectivity index (χ0v) is 21.5. The molecule has 0 unspecified atom stereocenters. The summed E-state index contributed by atoms with van der Waals surface area (Å²) in [5, 5.41) is 13.9. The quantitative estimate of drug-likeness (QED) is 0.345. The summed E-state index contributed by atoms with van der Waals surface area (Å²) in [5.41, 5.74) is 3.77. The van der Waals surface area contributed by atoms with Crippen LogP contribution in [0.25, 0.3) is 10.9 Å². The lowest BCUT2D eigenvalue weighted by atomic mass is 10.0. The molecule has 2 aromatic carbocycles. The molecule has 35 heavy (non-hydrogen) atoms. The Morgan fingerprint density at radius 1 is 1.09 bits per heavy atom. The number of aromatic nitrogens is 5. The summed E-state index contributed by atoms with van der Waals surface area (Å²) in [7, 11) is 0. The van der Waals surface area contributed by atoms with Crippen LogP contribution in [-0.4, -0.2) is 36.6 Å². The number of aryl methyl sites for hydroxylation is 1. The first kappa shape index (κ1) is 24.8. The normalized spacial score (nSPS) is 13.0. The molecular weight excluding hydrogens is 436 g/mol. The number of H-pyrrole nitrogens is 1. The van der Waals surface area contributed by atoms with Gasteiger partial charge in [-0.25, -0.2) is 4.68 Å². The number of hydrogen-bond acceptors (Lipinski definition) is 5. The van der Waals surface area contributed by atoms with Gasteiger partial charge >= 0.3 is 0 Å². The van der Waals surface area contributed by atoms with E-state index >= 15 is 0 Å². The molecule has 0 aliphatic heterocycles. The fraction of sp³-hybridized carbons (Fsp3) is 0.429. The summed E-state index contributed by atoms with van der Waals surface area (Å²) in [6.45, 7) is 12.0. The van der Waals surface area contributed by atoms with Gasteiger partial charge in [0.05, 0.1) is 11.6 Å². The molecule has 1 atom stereocenters. The summed E-state index contributed by atoms with van der Waals surface area (Å²) in [4.78, 5) is 18.5. The van der Waals surface area contributed by atoms with Gasteiger partial charge in [-0.3, -0.25) is 9.69 Å². The van der Waals surface area contributed by atoms with Crippen LogP contribution >= 0.6 is 0 Å². The van der Waals surface area contributed by atoms with Gasteiger partial charge in [-0.05, 0) is 79.1 Å². The Hall–Kier alpha value is -3.32. The highest BCUT2D eigenvalue weighted by atomic mass is 16.1. The molecule has 184 valence electrons. The number of nitrogens with zero attached hydrogens (tertiary/aromatic N) is 5. The minimum Gasteiger partial charge on any atom is -0.322 e. The molecule has 0 fully saturated rings. The molecule has 2 aromatic heterocycles. The van der Waals surface area contributed by atoms with E-state index in [0.717, 1.165) is 53.7 Å². The topological polar surface area (TPSA) is 79.7 Å². The maximum atomic E-state index is 13.1. The molecule has 0 aliphatic rings. The van der Waals surface area contributed by atoms with Crippen molar-refractivity contribution >= 4 is 10.9 Å². The molecule has 0 saturated heterocycles. The number of tetrazole rings is 1. The van der Waals surface area contributed by atoms with E-state index in [1.807, 2.05) is 29.8 Å². The largest absolute Gasteiger partial charge is 0.322 e. The van der Waals surface area contributed by atoms with Crippen molar-refractivity contribution in [1.29, 1.82) is 0 Å². The van der Waals surface area contributed by atoms with Gasteiger partial charge in [-0.15, -0.1) is 5.10 Å². The maximum absolute atomic E-state index is 13.1. The van der Waals surface area contributed by atoms with Crippen LogP contribution in [0.2, 0.25) is 0 Å². The van der Waals surface area contributed by atoms with E-state index in [1.54, 1.807) is 0 Å². The minimum absolute atomic E-state index is 0.0207. The zero-order valence-electron chi connectivity index (χ0n) is 21.5. The van der Waals surface area contributed by atoms with Gasteiger partial charge in [0.25, 0.3) is 5.56 Å². The number of benzene rings is 2. The van der Waals surface area contributed by atoms with Crippen LogP contribution in [-0.2, 0) is 18.5 Å². The Labute approximate surface area is 207 Å². The van der Waals surface area contributed by atoms with Gasteiger partial charge in [0, 0.05) is 24.2 Å². The second-order valence-corrected chi connectivity index (χ2v) is 9.96. The van der Waals surface area contributed by atoms with Crippen LogP contribution < -0.4 is 5.56 Å². The average molecular weight is 473 g/mol. The summed E-state index contributed by atoms with van der Waals surface area (Å²) in [6, 6.07) is 18.6. The smallest absolute Gasteiger partial charge is 0.252 e. The third kappa shape index (κ3) is 5.51. The van der Waals surface area contributed by atoms with Crippen LogP contribution in [0.1, 0.15) is 69.1 Å². The molecule has 0 spiro atoms. The molecule has 4 rings (SSSR count). The van der Waals surface area contributed by atoms with Crippen LogP contribution in [0.5, 0.6) is 0 Å². The first-order valence-electron chi connectivity index (χ1n) is 12.5. The number of rotatable bonds is 10. The molecule has 0 amide bonds. The molecule has 0 radical (unpaired) electrons. The maximum Gasteiger partial charge on any atom is 0.252 e. The van der Waals surface area contributed by atoms with Crippen LogP contribution in [0.4, 0.5) is 0 Å². The van der Waals surface area contributed by atoms with E-state index in [-0.39, 0.29) is 17.1 Å². The SMILES string of the molecule is CC[C@H](c1nnnn1C(C)(C)CC)N(CCc1ccccc1)Cc1cc2ccc(C)cc2[nH]c1=O. The minimum atomic E-state index is -0.199. The highest BCUT2D eigenvalue weighted by Gasteiger charge is 2.30. The fourth-order valence-electron chi connectivity index (χ4n) is 4.55. The molecule has 4 aromatic rings. The number of aromatic amines is 1. The standard InChI is InChI=1S/C28H36N6O/c1-6-25(26-30-31-32-34(26)28(4,5)7-2)33(16-15-21-11-9-8-10-12-21)19-23-18-22-14-13-20(3)17-24(22)29-27(23)35/h8-14,17-18,25H,6-7,15-16,19H2,1-5H3,(H,29,35)/t25-/m1/s1. The lowest BCUT2D eigenvalue weighted by Crippen LogP contribution is -2.37. The number of fused-ring (bicyclic) bond motifs is 1. The van der Waals surface area contributed by atoms with Crippen molar-refractivity contribution in [3.05, 3.63) is 87.5 Å². The van der Waals surface area contributed by atoms with Crippen LogP contribution in [0, 0.1) is 6.92 Å². The summed E-state index contributed by atoms with van der Waals surface area (Å²) >= 11 is 0. The van der Waals surface area contributed by atoms with Crippen LogP contribution in [0.3, 0.4) is 0 Å². The molecule has 7 heteroatoms. The van der Waals surface area contributed by atoms with E-state index in [4.69, 9.17) is 0 Å². The zero-order chi connectivity index (χ0) is 25.0. The first-order valence-corrected chi connectivity index (χ1v) is 12.5. The third-order valence-electron chi connectivity index (χ3n) is 7.04. The highest BCUT2D eigenvalue weighted by molar-refractivity contribution is 5.79. The van der Waals surface area contributed by atoms with Crippen molar-refractivity contribution < 1.29 is 0 Å². The van der Waals surface area contributed by atoms with Crippen molar-refractivity contribution in [3.8, 4) is 0 Å². The van der Waals surface area contributed by atoms with Crippen molar-refractivity contribution in [2.45, 2.75) is 72.0 Å². The van der Waals surface area contributed by atoms with Gasteiger partial charge < -0.3 is 4.98 Å². The van der Waals surface area contributed by atoms with Gasteiger partial charge in [0.2, 0.25) is 0 Å². The van der Waals surface area contributed by atoms with E-state index in [9.17, 15) is 4.79 Å². The molecule has 0 saturated carbocycles. The Morgan fingerprint density at radius 3 is 2.57 bits per heavy atom. The summed E-state index contributed by atoms with van der Waals surface area (Å²) < 4.78 is 1.96. The highest BCUT2D eigenvalue weighted by Crippen LogP contribution is 2.29. The van der Waals surface area contributed by atoms with Gasteiger partial charge in [-0.1, -0.05) is 56.3 Å². The number of nitrogens with one attached hydrogen (secondary N) is 1. The van der Waals surface area contributed by atoms with Crippen LogP contribution in [0.15, 0.2) is 59.4 Å². The van der Waals surface area contributed by atoms with Crippen molar-refractivity contribution in [3.63, 3.8) is 0 Å². The second-order valence-electron chi connectivity index (χ2n) is 9.96. The van der Waals surface area contributed by atoms with Crippen molar-refractivity contribution in [2.24, 2.45) is 0 Å². The summed E-state index contributed by atoms with van der Waals surface area (Å²) in [5.74, 6) is 0.847. The van der Waals surface area contributed by atoms with E-state index in [0.29, 0.717) is 6.54 Å². The van der Waals surface area contributed by atoms with Crippen molar-refractivity contribution in [2.75, 3.05) is 6.54 Å². The Bertz CT molecular complexity index is 1320. The molecular formula is C28H36N6O. The lowest BCUT2D eigenvalue weighted by molar-refractivity contribution is 0.160. The lowest BCUT2D eigenvalue weighted by Gasteiger charge is -2.33. The monoisotopic (exact) mass is 472 g/mol. The first-order chi connectivity index (χ1) is 16.8. The van der Waals surface area contributed by atoms with Gasteiger partial charge in [0.15, 0.2) is 5.82 Å². The predicted octanol–water partition coefficient (Wildman–Crippen LogP) is 5.16. The van der Waals surface area contributed by atoms with E-state index < -0.39 is 0 Å². The third-order valence-corrected chi connectivity index (χ3v) is 7.04. The van der Waals surface area contributed by atoms with Gasteiger partial charge in [-0.2, -0.15) is 0 Å². The second kappa shape index (κ2) is 10.5. The molecule has 0 aliphatic carbocycles. The summed E-state index contributed by atoms with van der Waals surface area (Å²) in [6.07, 6.45) is 2.62. The van der Waals surface area contributed by atoms with E-state index in [1.165, 1.54) is 5.56 Å². The predicted molar refractivity (Wildman–Crippen MR) is 140 cm³/mol. The Kier molecular flexibility index (Phi) is 7.45. The Morgan fingerprint density at radius 2 is 1.86 bits per heavy atom. The molecule has 0 bridgehead atoms. The molecule has 1 N–H and O–H groups in total. The number of pyridine rings is 1. The molecule has 7 nitrogen and oxygen atoms in total.